The van der Waals surface area contributed by atoms with Gasteiger partial charge in [-0.15, -0.1) is 11.3 Å². The summed E-state index contributed by atoms with van der Waals surface area (Å²) in [7, 11) is 0. The van der Waals surface area contributed by atoms with Gasteiger partial charge in [-0.3, -0.25) is 4.79 Å². The van der Waals surface area contributed by atoms with Crippen molar-refractivity contribution in [1.29, 1.82) is 0 Å². The van der Waals surface area contributed by atoms with Crippen LogP contribution in [-0.2, 0) is 11.2 Å². The number of amides is 1. The van der Waals surface area contributed by atoms with E-state index >= 15 is 0 Å². The van der Waals surface area contributed by atoms with Crippen molar-refractivity contribution in [3.8, 4) is 0 Å². The molecule has 0 spiro atoms. The fourth-order valence-electron chi connectivity index (χ4n) is 2.24. The topological polar surface area (TPSA) is 42.0 Å². The molecule has 2 unspecified atom stereocenters. The molecule has 1 aromatic heterocycles. The van der Waals surface area contributed by atoms with Gasteiger partial charge in [0.15, 0.2) is 0 Å². The van der Waals surface area contributed by atoms with Crippen LogP contribution in [0.3, 0.4) is 0 Å². The van der Waals surface area contributed by atoms with Crippen LogP contribution in [0.4, 0.5) is 0 Å². The van der Waals surface area contributed by atoms with Gasteiger partial charge in [-0.25, -0.2) is 4.98 Å². The quantitative estimate of drug-likeness (QED) is 0.887. The molecule has 0 saturated carbocycles. The molecule has 1 heterocycles. The third kappa shape index (κ3) is 4.54. The van der Waals surface area contributed by atoms with Gasteiger partial charge in [-0.1, -0.05) is 39.8 Å². The summed E-state index contributed by atoms with van der Waals surface area (Å²) in [5, 5.41) is 4.18. The third-order valence-corrected chi connectivity index (χ3v) is 5.26. The first-order valence-electron chi connectivity index (χ1n) is 7.89. The van der Waals surface area contributed by atoms with Crippen LogP contribution in [0, 0.1) is 11.3 Å². The largest absolute Gasteiger partial charge is 0.353 e. The van der Waals surface area contributed by atoms with E-state index in [0.717, 1.165) is 16.9 Å². The lowest BCUT2D eigenvalue weighted by molar-refractivity contribution is -0.123. The van der Waals surface area contributed by atoms with Crippen LogP contribution >= 0.6 is 11.3 Å². The summed E-state index contributed by atoms with van der Waals surface area (Å²) in [6, 6.07) is 8.27. The number of fused-ring (bicyclic) bond motifs is 1. The molecule has 4 heteroatoms. The van der Waals surface area contributed by atoms with Gasteiger partial charge in [0.2, 0.25) is 5.91 Å². The Morgan fingerprint density at radius 3 is 2.59 bits per heavy atom. The monoisotopic (exact) mass is 318 g/mol. The second-order valence-electron chi connectivity index (χ2n) is 7.22. The summed E-state index contributed by atoms with van der Waals surface area (Å²) in [4.78, 5) is 16.8. The number of nitrogens with one attached hydrogen (secondary N) is 1. The van der Waals surface area contributed by atoms with E-state index in [1.54, 1.807) is 11.3 Å². The highest BCUT2D eigenvalue weighted by atomic mass is 32.1. The Morgan fingerprint density at radius 1 is 1.27 bits per heavy atom. The average molecular weight is 318 g/mol. The van der Waals surface area contributed by atoms with E-state index in [0.29, 0.717) is 12.3 Å². The van der Waals surface area contributed by atoms with Crippen molar-refractivity contribution in [3.05, 3.63) is 29.3 Å². The maximum absolute atomic E-state index is 12.1. The van der Waals surface area contributed by atoms with Crippen molar-refractivity contribution >= 4 is 27.5 Å². The number of aromatic nitrogens is 1. The van der Waals surface area contributed by atoms with Crippen LogP contribution in [0.1, 0.15) is 46.0 Å². The van der Waals surface area contributed by atoms with Crippen LogP contribution in [0.5, 0.6) is 0 Å². The normalized spacial score (nSPS) is 14.8. The van der Waals surface area contributed by atoms with Crippen LogP contribution in [0.25, 0.3) is 10.2 Å². The maximum atomic E-state index is 12.1. The summed E-state index contributed by atoms with van der Waals surface area (Å²) in [6.07, 6.45) is 1.36. The Labute approximate surface area is 137 Å². The fraction of sp³-hybridized carbons (Fsp3) is 0.556. The number of carbonyl (C=O) groups is 1. The molecule has 2 aromatic rings. The van der Waals surface area contributed by atoms with Crippen molar-refractivity contribution in [1.82, 2.24) is 10.3 Å². The van der Waals surface area contributed by atoms with Crippen LogP contribution < -0.4 is 5.32 Å². The molecule has 0 radical (unpaired) electrons. The molecular formula is C18H26N2OS. The summed E-state index contributed by atoms with van der Waals surface area (Å²) >= 11 is 1.71. The zero-order valence-corrected chi connectivity index (χ0v) is 15.0. The van der Waals surface area contributed by atoms with Gasteiger partial charge in [-0.2, -0.15) is 0 Å². The van der Waals surface area contributed by atoms with E-state index in [-0.39, 0.29) is 17.4 Å². The maximum Gasteiger partial charge on any atom is 0.220 e. The highest BCUT2D eigenvalue weighted by molar-refractivity contribution is 7.18. The number of rotatable bonds is 5. The predicted octanol–water partition coefficient (Wildman–Crippen LogP) is 4.42. The molecule has 120 valence electrons. The van der Waals surface area contributed by atoms with E-state index in [4.69, 9.17) is 0 Å². The lowest BCUT2D eigenvalue weighted by atomic mass is 9.80. The number of carbonyl (C=O) groups excluding carboxylic acids is 1. The van der Waals surface area contributed by atoms with E-state index in [9.17, 15) is 4.79 Å². The smallest absolute Gasteiger partial charge is 0.220 e. The molecule has 1 N–H and O–H groups in total. The summed E-state index contributed by atoms with van der Waals surface area (Å²) in [5.41, 5.74) is 1.20. The molecule has 0 bridgehead atoms. The van der Waals surface area contributed by atoms with Crippen molar-refractivity contribution in [2.24, 2.45) is 11.3 Å². The number of para-hydroxylation sites is 1. The van der Waals surface area contributed by atoms with E-state index in [2.05, 4.69) is 44.1 Å². The molecule has 0 aliphatic rings. The van der Waals surface area contributed by atoms with Crippen molar-refractivity contribution in [2.75, 3.05) is 0 Å². The molecule has 2 rings (SSSR count). The van der Waals surface area contributed by atoms with Crippen LogP contribution in [0.2, 0.25) is 0 Å². The second-order valence-corrected chi connectivity index (χ2v) is 8.33. The average Bonchev–Trinajstić information content (AvgIpc) is 2.78. The van der Waals surface area contributed by atoms with Gasteiger partial charge in [-0.05, 0) is 30.4 Å². The molecule has 0 fully saturated rings. The molecule has 1 amide bonds. The number of hydrogen-bond donors (Lipinski definition) is 1. The summed E-state index contributed by atoms with van der Waals surface area (Å²) in [6.45, 7) is 10.7. The Morgan fingerprint density at radius 2 is 1.95 bits per heavy atom. The molecule has 0 aliphatic heterocycles. The zero-order valence-electron chi connectivity index (χ0n) is 14.1. The minimum absolute atomic E-state index is 0.111. The first kappa shape index (κ1) is 16.9. The minimum Gasteiger partial charge on any atom is -0.353 e. The Kier molecular flexibility index (Phi) is 5.22. The summed E-state index contributed by atoms with van der Waals surface area (Å²) in [5.74, 6) is 0.498. The molecule has 1 aromatic carbocycles. The predicted molar refractivity (Wildman–Crippen MR) is 94.2 cm³/mol. The molecule has 0 saturated heterocycles. The standard InChI is InChI=1S/C18H26N2OS/c1-12(18(3,4)5)10-16(21)19-13(2)11-17-20-14-8-6-7-9-15(14)22-17/h6-9,12-13H,10-11H2,1-5H3,(H,19,21). The highest BCUT2D eigenvalue weighted by Crippen LogP contribution is 2.28. The number of thiazole rings is 1. The fourth-order valence-corrected chi connectivity index (χ4v) is 3.33. The molecular weight excluding hydrogens is 292 g/mol. The number of nitrogens with zero attached hydrogens (tertiary/aromatic N) is 1. The lowest BCUT2D eigenvalue weighted by Crippen LogP contribution is -2.36. The van der Waals surface area contributed by atoms with Gasteiger partial charge in [0.25, 0.3) is 0 Å². The van der Waals surface area contributed by atoms with E-state index in [1.165, 1.54) is 4.70 Å². The van der Waals surface area contributed by atoms with Crippen molar-refractivity contribution in [2.45, 2.75) is 53.5 Å². The van der Waals surface area contributed by atoms with Gasteiger partial charge in [0, 0.05) is 18.9 Å². The van der Waals surface area contributed by atoms with Crippen molar-refractivity contribution < 1.29 is 4.79 Å². The van der Waals surface area contributed by atoms with Crippen molar-refractivity contribution in [3.63, 3.8) is 0 Å². The molecule has 3 nitrogen and oxygen atoms in total. The number of benzene rings is 1. The first-order valence-corrected chi connectivity index (χ1v) is 8.71. The van der Waals surface area contributed by atoms with Gasteiger partial charge in [0.1, 0.15) is 0 Å². The van der Waals surface area contributed by atoms with Gasteiger partial charge < -0.3 is 5.32 Å². The SMILES string of the molecule is CC(Cc1nc2ccccc2s1)NC(=O)CC(C)C(C)(C)C. The van der Waals surface area contributed by atoms with Gasteiger partial charge >= 0.3 is 0 Å². The lowest BCUT2D eigenvalue weighted by Gasteiger charge is -2.27. The number of hydrogen-bond acceptors (Lipinski definition) is 3. The van der Waals surface area contributed by atoms with Gasteiger partial charge in [0.05, 0.1) is 15.2 Å². The zero-order chi connectivity index (χ0) is 16.3. The Bertz CT molecular complexity index is 609. The summed E-state index contributed by atoms with van der Waals surface area (Å²) < 4.78 is 1.21. The van der Waals surface area contributed by atoms with E-state index < -0.39 is 0 Å². The highest BCUT2D eigenvalue weighted by Gasteiger charge is 2.23. The second kappa shape index (κ2) is 6.78. The Balaban J connectivity index is 1.89. The van der Waals surface area contributed by atoms with E-state index in [1.807, 2.05) is 25.1 Å². The minimum atomic E-state index is 0.111. The van der Waals surface area contributed by atoms with Crippen LogP contribution in [0.15, 0.2) is 24.3 Å². The molecule has 22 heavy (non-hydrogen) atoms. The Hall–Kier alpha value is -1.42. The van der Waals surface area contributed by atoms with Crippen LogP contribution in [-0.4, -0.2) is 16.9 Å². The third-order valence-electron chi connectivity index (χ3n) is 4.20. The first-order chi connectivity index (χ1) is 10.3. The molecule has 0 aliphatic carbocycles. The molecule has 2 atom stereocenters.